The number of nitrogens with one attached hydrogen (secondary N) is 1. The molecule has 0 radical (unpaired) electrons. The highest BCUT2D eigenvalue weighted by molar-refractivity contribution is 5.81. The molecule has 0 spiro atoms. The number of carbonyl (C=O) groups excluding carboxylic acids is 2. The fourth-order valence-electron chi connectivity index (χ4n) is 1.99. The molecule has 0 aromatic heterocycles. The van der Waals surface area contributed by atoms with Crippen LogP contribution in [-0.2, 0) is 9.59 Å². The lowest BCUT2D eigenvalue weighted by Crippen LogP contribution is -2.44. The normalized spacial score (nSPS) is 19.5. The number of amides is 1. The molecule has 1 fully saturated rings. The number of nitrogens with zero attached hydrogens (tertiary/aromatic N) is 1. The van der Waals surface area contributed by atoms with E-state index in [9.17, 15) is 9.59 Å². The van der Waals surface area contributed by atoms with Crippen LogP contribution in [-0.4, -0.2) is 42.3 Å². The Morgan fingerprint density at radius 1 is 1.44 bits per heavy atom. The van der Waals surface area contributed by atoms with Crippen molar-refractivity contribution < 1.29 is 9.59 Å². The van der Waals surface area contributed by atoms with Crippen molar-refractivity contribution >= 4 is 11.7 Å². The average molecular weight is 226 g/mol. The lowest BCUT2D eigenvalue weighted by atomic mass is 10.1. The van der Waals surface area contributed by atoms with Gasteiger partial charge in [0.05, 0.1) is 6.54 Å². The summed E-state index contributed by atoms with van der Waals surface area (Å²) in [5.74, 6) is 0.395. The third kappa shape index (κ3) is 4.75. The molecule has 1 aliphatic rings. The van der Waals surface area contributed by atoms with E-state index < -0.39 is 0 Å². The Kier molecular flexibility index (Phi) is 5.46. The van der Waals surface area contributed by atoms with Crippen LogP contribution in [0.3, 0.4) is 0 Å². The van der Waals surface area contributed by atoms with Crippen molar-refractivity contribution in [3.05, 3.63) is 0 Å². The van der Waals surface area contributed by atoms with E-state index in [-0.39, 0.29) is 11.9 Å². The maximum Gasteiger partial charge on any atom is 0.234 e. The van der Waals surface area contributed by atoms with E-state index in [0.29, 0.717) is 25.2 Å². The number of carbonyl (C=O) groups is 2. The molecule has 16 heavy (non-hydrogen) atoms. The Bertz CT molecular complexity index is 243. The minimum absolute atomic E-state index is 0.0790. The first-order valence-electron chi connectivity index (χ1n) is 6.15. The SMILES string of the molecule is CCCC(C)NC(=O)CN1CCC(=O)CC1. The molecule has 0 bridgehead atoms. The third-order valence-corrected chi connectivity index (χ3v) is 2.91. The molecule has 0 aromatic rings. The minimum atomic E-state index is 0.0790. The summed E-state index contributed by atoms with van der Waals surface area (Å²) in [6.07, 6.45) is 3.29. The van der Waals surface area contributed by atoms with Crippen molar-refractivity contribution in [3.63, 3.8) is 0 Å². The topological polar surface area (TPSA) is 49.4 Å². The van der Waals surface area contributed by atoms with Gasteiger partial charge in [0.25, 0.3) is 0 Å². The zero-order valence-corrected chi connectivity index (χ0v) is 10.3. The maximum absolute atomic E-state index is 11.6. The Labute approximate surface area is 97.4 Å². The maximum atomic E-state index is 11.6. The van der Waals surface area contributed by atoms with Gasteiger partial charge in [-0.1, -0.05) is 13.3 Å². The summed E-state index contributed by atoms with van der Waals surface area (Å²) in [4.78, 5) is 24.7. The summed E-state index contributed by atoms with van der Waals surface area (Å²) in [6, 6.07) is 0.254. The van der Waals surface area contributed by atoms with Gasteiger partial charge >= 0.3 is 0 Å². The van der Waals surface area contributed by atoms with Gasteiger partial charge in [0.2, 0.25) is 5.91 Å². The van der Waals surface area contributed by atoms with Crippen LogP contribution in [0.2, 0.25) is 0 Å². The molecule has 0 saturated carbocycles. The van der Waals surface area contributed by atoms with E-state index in [1.165, 1.54) is 0 Å². The third-order valence-electron chi connectivity index (χ3n) is 2.91. The molecule has 1 saturated heterocycles. The van der Waals surface area contributed by atoms with Gasteiger partial charge in [-0.15, -0.1) is 0 Å². The Morgan fingerprint density at radius 3 is 2.62 bits per heavy atom. The molecule has 92 valence electrons. The van der Waals surface area contributed by atoms with Crippen LogP contribution >= 0.6 is 0 Å². The summed E-state index contributed by atoms with van der Waals surface area (Å²) in [7, 11) is 0. The number of hydrogen-bond donors (Lipinski definition) is 1. The number of ketones is 1. The molecule has 0 aliphatic carbocycles. The Morgan fingerprint density at radius 2 is 2.06 bits per heavy atom. The smallest absolute Gasteiger partial charge is 0.234 e. The first-order chi connectivity index (χ1) is 7.61. The van der Waals surface area contributed by atoms with Crippen molar-refractivity contribution in [1.82, 2.24) is 10.2 Å². The molecule has 4 heteroatoms. The van der Waals surface area contributed by atoms with Crippen LogP contribution in [0.25, 0.3) is 0 Å². The highest BCUT2D eigenvalue weighted by Crippen LogP contribution is 2.05. The Balaban J connectivity index is 2.21. The largest absolute Gasteiger partial charge is 0.353 e. The van der Waals surface area contributed by atoms with Crippen molar-refractivity contribution in [2.45, 2.75) is 45.6 Å². The predicted octanol–water partition coefficient (Wildman–Crippen LogP) is 0.956. The average Bonchev–Trinajstić information content (AvgIpc) is 2.21. The number of hydrogen-bond acceptors (Lipinski definition) is 3. The van der Waals surface area contributed by atoms with Gasteiger partial charge < -0.3 is 5.32 Å². The lowest BCUT2D eigenvalue weighted by molar-refractivity contribution is -0.126. The molecule has 0 aromatic carbocycles. The number of likely N-dealkylation sites (tertiary alicyclic amines) is 1. The molecular formula is C12H22N2O2. The standard InChI is InChI=1S/C12H22N2O2/c1-3-4-10(2)13-12(16)9-14-7-5-11(15)6-8-14/h10H,3-9H2,1-2H3,(H,13,16). The highest BCUT2D eigenvalue weighted by atomic mass is 16.2. The van der Waals surface area contributed by atoms with E-state index in [0.717, 1.165) is 25.9 Å². The fourth-order valence-corrected chi connectivity index (χ4v) is 1.99. The van der Waals surface area contributed by atoms with Gasteiger partial charge in [0.15, 0.2) is 0 Å². The van der Waals surface area contributed by atoms with Crippen LogP contribution in [0.5, 0.6) is 0 Å². The van der Waals surface area contributed by atoms with Crippen molar-refractivity contribution in [3.8, 4) is 0 Å². The molecule has 1 rings (SSSR count). The van der Waals surface area contributed by atoms with Crippen LogP contribution in [0.15, 0.2) is 0 Å². The van der Waals surface area contributed by atoms with Crippen LogP contribution in [0.4, 0.5) is 0 Å². The quantitative estimate of drug-likeness (QED) is 0.759. The van der Waals surface area contributed by atoms with E-state index in [1.807, 2.05) is 6.92 Å². The number of Topliss-reactive ketones (excluding diaryl/α,β-unsaturated/α-hetero) is 1. The minimum Gasteiger partial charge on any atom is -0.353 e. The first-order valence-corrected chi connectivity index (χ1v) is 6.15. The fraction of sp³-hybridized carbons (Fsp3) is 0.833. The van der Waals surface area contributed by atoms with Gasteiger partial charge in [-0.25, -0.2) is 0 Å². The first kappa shape index (κ1) is 13.2. The summed E-state index contributed by atoms with van der Waals surface area (Å²) in [5, 5.41) is 2.97. The van der Waals surface area contributed by atoms with Crippen molar-refractivity contribution in [2.75, 3.05) is 19.6 Å². The monoisotopic (exact) mass is 226 g/mol. The van der Waals surface area contributed by atoms with Crippen LogP contribution in [0.1, 0.15) is 39.5 Å². The van der Waals surface area contributed by atoms with Gasteiger partial charge in [-0.05, 0) is 13.3 Å². The Hall–Kier alpha value is -0.900. The van der Waals surface area contributed by atoms with Crippen molar-refractivity contribution in [2.24, 2.45) is 0 Å². The molecule has 1 heterocycles. The molecule has 1 atom stereocenters. The molecule has 4 nitrogen and oxygen atoms in total. The summed E-state index contributed by atoms with van der Waals surface area (Å²) in [6.45, 7) is 6.03. The molecule has 1 aliphatic heterocycles. The highest BCUT2D eigenvalue weighted by Gasteiger charge is 2.18. The van der Waals surface area contributed by atoms with E-state index in [1.54, 1.807) is 0 Å². The predicted molar refractivity (Wildman–Crippen MR) is 63.2 cm³/mol. The molecule has 1 N–H and O–H groups in total. The number of rotatable bonds is 5. The second-order valence-corrected chi connectivity index (χ2v) is 4.57. The second kappa shape index (κ2) is 6.63. The summed E-state index contributed by atoms with van der Waals surface area (Å²) < 4.78 is 0. The van der Waals surface area contributed by atoms with Gasteiger partial charge in [-0.3, -0.25) is 14.5 Å². The zero-order chi connectivity index (χ0) is 12.0. The van der Waals surface area contributed by atoms with E-state index in [2.05, 4.69) is 17.1 Å². The molecular weight excluding hydrogens is 204 g/mol. The van der Waals surface area contributed by atoms with Crippen LogP contribution < -0.4 is 5.32 Å². The second-order valence-electron chi connectivity index (χ2n) is 4.57. The van der Waals surface area contributed by atoms with E-state index >= 15 is 0 Å². The van der Waals surface area contributed by atoms with Crippen molar-refractivity contribution in [1.29, 1.82) is 0 Å². The van der Waals surface area contributed by atoms with Crippen LogP contribution in [0, 0.1) is 0 Å². The van der Waals surface area contributed by atoms with E-state index in [4.69, 9.17) is 0 Å². The number of piperidine rings is 1. The lowest BCUT2D eigenvalue weighted by Gasteiger charge is -2.25. The molecule has 1 amide bonds. The zero-order valence-electron chi connectivity index (χ0n) is 10.3. The summed E-state index contributed by atoms with van der Waals surface area (Å²) >= 11 is 0. The molecule has 1 unspecified atom stereocenters. The summed E-state index contributed by atoms with van der Waals surface area (Å²) in [5.41, 5.74) is 0. The van der Waals surface area contributed by atoms with Gasteiger partial charge in [0.1, 0.15) is 5.78 Å². The van der Waals surface area contributed by atoms with Gasteiger partial charge in [-0.2, -0.15) is 0 Å². The van der Waals surface area contributed by atoms with Gasteiger partial charge in [0, 0.05) is 32.0 Å².